The average Bonchev–Trinajstić information content (AvgIpc) is 2.97. The van der Waals surface area contributed by atoms with Gasteiger partial charge in [0.25, 0.3) is 0 Å². The molecule has 0 N–H and O–H groups in total. The number of piperidine rings is 2. The molecule has 0 aromatic carbocycles. The Morgan fingerprint density at radius 2 is 1.64 bits per heavy atom. The molecule has 4 heterocycles. The van der Waals surface area contributed by atoms with Gasteiger partial charge in [0.1, 0.15) is 5.76 Å². The van der Waals surface area contributed by atoms with E-state index in [0.717, 1.165) is 37.0 Å². The van der Waals surface area contributed by atoms with E-state index in [4.69, 9.17) is 4.52 Å². The predicted molar refractivity (Wildman–Crippen MR) is 96.4 cm³/mol. The Bertz CT molecular complexity index is 676. The highest BCUT2D eigenvalue weighted by Gasteiger charge is 2.38. The second-order valence-electron chi connectivity index (χ2n) is 7.61. The molecule has 2 aromatic heterocycles. The summed E-state index contributed by atoms with van der Waals surface area (Å²) in [5.41, 5.74) is 2.82. The summed E-state index contributed by atoms with van der Waals surface area (Å²) in [7, 11) is 0. The van der Waals surface area contributed by atoms with E-state index in [0.29, 0.717) is 5.41 Å². The number of aromatic nitrogens is 3. The van der Waals surface area contributed by atoms with Crippen molar-refractivity contribution < 1.29 is 4.52 Å². The van der Waals surface area contributed by atoms with Crippen molar-refractivity contribution in [1.29, 1.82) is 0 Å². The average molecular weight is 341 g/mol. The fourth-order valence-electron chi connectivity index (χ4n) is 4.27. The van der Waals surface area contributed by atoms with Crippen LogP contribution in [-0.2, 0) is 6.54 Å². The highest BCUT2D eigenvalue weighted by Crippen LogP contribution is 2.42. The molecule has 25 heavy (non-hydrogen) atoms. The zero-order valence-corrected chi connectivity index (χ0v) is 15.2. The van der Waals surface area contributed by atoms with E-state index in [1.165, 1.54) is 44.3 Å². The van der Waals surface area contributed by atoms with Gasteiger partial charge in [-0.1, -0.05) is 5.16 Å². The van der Waals surface area contributed by atoms with Crippen molar-refractivity contribution in [3.05, 3.63) is 35.5 Å². The fraction of sp³-hybridized carbons (Fsp3) is 0.632. The number of nitrogens with zero attached hydrogens (tertiary/aromatic N) is 5. The number of hydrogen-bond donors (Lipinski definition) is 0. The van der Waals surface area contributed by atoms with Crippen LogP contribution in [0.3, 0.4) is 0 Å². The maximum absolute atomic E-state index is 5.31. The minimum atomic E-state index is 0.514. The molecule has 2 aliphatic rings. The van der Waals surface area contributed by atoms with Gasteiger partial charge in [-0.3, -0.25) is 4.90 Å². The molecule has 0 bridgehead atoms. The van der Waals surface area contributed by atoms with Crippen LogP contribution < -0.4 is 4.90 Å². The van der Waals surface area contributed by atoms with E-state index < -0.39 is 0 Å². The lowest BCUT2D eigenvalue weighted by Crippen LogP contribution is -2.47. The zero-order chi connectivity index (χ0) is 17.3. The maximum Gasteiger partial charge on any atom is 0.225 e. The Labute approximate surface area is 149 Å². The van der Waals surface area contributed by atoms with E-state index >= 15 is 0 Å². The molecule has 6 nitrogen and oxygen atoms in total. The van der Waals surface area contributed by atoms with Crippen LogP contribution in [0.5, 0.6) is 0 Å². The zero-order valence-electron chi connectivity index (χ0n) is 15.2. The Morgan fingerprint density at radius 3 is 2.24 bits per heavy atom. The number of aryl methyl sites for hydroxylation is 2. The monoisotopic (exact) mass is 341 g/mol. The molecule has 0 atom stereocenters. The maximum atomic E-state index is 5.31. The van der Waals surface area contributed by atoms with E-state index in [9.17, 15) is 0 Å². The summed E-state index contributed by atoms with van der Waals surface area (Å²) in [6.45, 7) is 9.53. The van der Waals surface area contributed by atoms with Gasteiger partial charge in [-0.2, -0.15) is 0 Å². The molecule has 0 amide bonds. The van der Waals surface area contributed by atoms with Crippen molar-refractivity contribution in [3.63, 3.8) is 0 Å². The number of rotatable bonds is 3. The van der Waals surface area contributed by atoms with Gasteiger partial charge < -0.3 is 9.42 Å². The Hall–Kier alpha value is -1.95. The second-order valence-corrected chi connectivity index (χ2v) is 7.61. The first-order valence-electron chi connectivity index (χ1n) is 9.31. The molecular weight excluding hydrogens is 314 g/mol. The number of hydrogen-bond acceptors (Lipinski definition) is 6. The Morgan fingerprint density at radius 1 is 1.00 bits per heavy atom. The lowest BCUT2D eigenvalue weighted by Gasteiger charge is -2.46. The highest BCUT2D eigenvalue weighted by atomic mass is 16.5. The summed E-state index contributed by atoms with van der Waals surface area (Å²) in [4.78, 5) is 13.7. The normalized spacial score (nSPS) is 21.0. The van der Waals surface area contributed by atoms with Crippen molar-refractivity contribution in [1.82, 2.24) is 20.0 Å². The summed E-state index contributed by atoms with van der Waals surface area (Å²) < 4.78 is 5.31. The van der Waals surface area contributed by atoms with Crippen molar-refractivity contribution in [3.8, 4) is 0 Å². The molecule has 0 radical (unpaired) electrons. The minimum absolute atomic E-state index is 0.514. The van der Waals surface area contributed by atoms with Gasteiger partial charge in [0, 0.05) is 37.6 Å². The molecule has 4 rings (SSSR count). The van der Waals surface area contributed by atoms with Crippen molar-refractivity contribution in [2.45, 2.75) is 46.1 Å². The summed E-state index contributed by atoms with van der Waals surface area (Å²) in [6, 6.07) is 1.88. The molecular formula is C19H27N5O. The third kappa shape index (κ3) is 3.40. The van der Waals surface area contributed by atoms with Gasteiger partial charge in [0.15, 0.2) is 0 Å². The van der Waals surface area contributed by atoms with Gasteiger partial charge in [0.05, 0.1) is 5.69 Å². The summed E-state index contributed by atoms with van der Waals surface area (Å²) >= 11 is 0. The Kier molecular flexibility index (Phi) is 4.46. The number of anilines is 1. The first-order chi connectivity index (χ1) is 12.2. The first kappa shape index (κ1) is 16.5. The predicted octanol–water partition coefficient (Wildman–Crippen LogP) is 2.96. The largest absolute Gasteiger partial charge is 0.361 e. The smallest absolute Gasteiger partial charge is 0.225 e. The molecule has 0 saturated carbocycles. The summed E-state index contributed by atoms with van der Waals surface area (Å²) in [5, 5.41) is 4.08. The van der Waals surface area contributed by atoms with E-state index in [1.807, 2.05) is 32.3 Å². The first-order valence-corrected chi connectivity index (χ1v) is 9.31. The molecule has 1 spiro atoms. The van der Waals surface area contributed by atoms with Crippen LogP contribution in [0.1, 0.15) is 42.7 Å². The Balaban J connectivity index is 1.32. The van der Waals surface area contributed by atoms with Crippen LogP contribution in [0.4, 0.5) is 5.95 Å². The number of likely N-dealkylation sites (tertiary alicyclic amines) is 1. The van der Waals surface area contributed by atoms with E-state index in [1.54, 1.807) is 0 Å². The van der Waals surface area contributed by atoms with Crippen molar-refractivity contribution in [2.75, 3.05) is 31.1 Å². The topological polar surface area (TPSA) is 58.3 Å². The van der Waals surface area contributed by atoms with Crippen LogP contribution in [0.25, 0.3) is 0 Å². The summed E-state index contributed by atoms with van der Waals surface area (Å²) in [5.74, 6) is 1.85. The van der Waals surface area contributed by atoms with Crippen molar-refractivity contribution >= 4 is 5.95 Å². The SMILES string of the molecule is Cc1noc(C)c1CN1CCC2(CC1)CCN(c1ncccn1)CC2. The van der Waals surface area contributed by atoms with Crippen LogP contribution >= 0.6 is 0 Å². The van der Waals surface area contributed by atoms with Crippen LogP contribution in [0.15, 0.2) is 23.0 Å². The van der Waals surface area contributed by atoms with Gasteiger partial charge in [-0.15, -0.1) is 0 Å². The minimum Gasteiger partial charge on any atom is -0.361 e. The highest BCUT2D eigenvalue weighted by molar-refractivity contribution is 5.29. The molecule has 6 heteroatoms. The lowest BCUT2D eigenvalue weighted by molar-refractivity contribution is 0.0752. The van der Waals surface area contributed by atoms with Gasteiger partial charge >= 0.3 is 0 Å². The third-order valence-electron chi connectivity index (χ3n) is 6.14. The standard InChI is InChI=1S/C19H27N5O/c1-15-17(16(2)25-22-15)14-23-10-4-19(5-11-23)6-12-24(13-7-19)18-20-8-3-9-21-18/h3,8-9H,4-7,10-14H2,1-2H3. The lowest BCUT2D eigenvalue weighted by atomic mass is 9.71. The van der Waals surface area contributed by atoms with Crippen molar-refractivity contribution in [2.24, 2.45) is 5.41 Å². The molecule has 2 aromatic rings. The van der Waals surface area contributed by atoms with Crippen LogP contribution in [-0.4, -0.2) is 46.2 Å². The molecule has 134 valence electrons. The molecule has 0 unspecified atom stereocenters. The van der Waals surface area contributed by atoms with Gasteiger partial charge in [0.2, 0.25) is 5.95 Å². The molecule has 2 fully saturated rings. The molecule has 2 saturated heterocycles. The van der Waals surface area contributed by atoms with E-state index in [2.05, 4.69) is 24.9 Å². The second kappa shape index (κ2) is 6.75. The van der Waals surface area contributed by atoms with Crippen LogP contribution in [0.2, 0.25) is 0 Å². The quantitative estimate of drug-likeness (QED) is 0.855. The fourth-order valence-corrected chi connectivity index (χ4v) is 4.27. The molecule has 0 aliphatic carbocycles. The van der Waals surface area contributed by atoms with E-state index in [-0.39, 0.29) is 0 Å². The third-order valence-corrected chi connectivity index (χ3v) is 6.14. The van der Waals surface area contributed by atoms with Gasteiger partial charge in [-0.25, -0.2) is 9.97 Å². The van der Waals surface area contributed by atoms with Crippen LogP contribution in [0, 0.1) is 19.3 Å². The van der Waals surface area contributed by atoms with Gasteiger partial charge in [-0.05, 0) is 64.1 Å². The molecule has 2 aliphatic heterocycles. The summed E-state index contributed by atoms with van der Waals surface area (Å²) in [6.07, 6.45) is 8.76.